The van der Waals surface area contributed by atoms with Gasteiger partial charge in [-0.1, -0.05) is 91.6 Å². The Morgan fingerprint density at radius 1 is 0.960 bits per heavy atom. The number of sulfonamides is 1. The molecule has 14 heteroatoms. The number of ether oxygens (including phenoxy) is 1. The van der Waals surface area contributed by atoms with Crippen LogP contribution in [0.4, 0.5) is 11.4 Å². The number of nitro groups is 1. The maximum atomic E-state index is 14.7. The van der Waals surface area contributed by atoms with Crippen LogP contribution in [-0.2, 0) is 32.6 Å². The zero-order valence-electron chi connectivity index (χ0n) is 28.0. The molecule has 0 spiro atoms. The lowest BCUT2D eigenvalue weighted by Crippen LogP contribution is -2.53. The molecule has 0 unspecified atom stereocenters. The second-order valence-corrected chi connectivity index (χ2v) is 14.7. The molecule has 2 amide bonds. The van der Waals surface area contributed by atoms with E-state index < -0.39 is 49.9 Å². The van der Waals surface area contributed by atoms with Gasteiger partial charge < -0.3 is 15.0 Å². The monoisotopic (exact) mass is 740 g/mol. The van der Waals surface area contributed by atoms with Crippen molar-refractivity contribution in [3.63, 3.8) is 0 Å². The van der Waals surface area contributed by atoms with Crippen LogP contribution in [0.5, 0.6) is 5.75 Å². The minimum Gasteiger partial charge on any atom is -0.495 e. The summed E-state index contributed by atoms with van der Waals surface area (Å²) >= 11 is 12.9. The summed E-state index contributed by atoms with van der Waals surface area (Å²) in [4.78, 5) is 40.7. The number of hydrogen-bond donors (Lipinski definition) is 1. The first-order valence-corrected chi connectivity index (χ1v) is 17.9. The molecule has 0 aliphatic carbocycles. The summed E-state index contributed by atoms with van der Waals surface area (Å²) in [6.45, 7) is 4.74. The van der Waals surface area contributed by atoms with Gasteiger partial charge in [0.05, 0.1) is 22.6 Å². The van der Waals surface area contributed by atoms with E-state index in [-0.39, 0.29) is 40.9 Å². The van der Waals surface area contributed by atoms with Crippen LogP contribution < -0.4 is 14.4 Å². The van der Waals surface area contributed by atoms with Crippen LogP contribution in [-0.4, -0.2) is 56.3 Å². The predicted octanol–water partition coefficient (Wildman–Crippen LogP) is 6.83. The van der Waals surface area contributed by atoms with Gasteiger partial charge in [0.15, 0.2) is 0 Å². The normalized spacial score (nSPS) is 11.9. The Bertz CT molecular complexity index is 1960. The number of anilines is 1. The number of nitro benzene ring substituents is 1. The summed E-state index contributed by atoms with van der Waals surface area (Å²) in [6.07, 6.45) is 0.109. The fourth-order valence-electron chi connectivity index (χ4n) is 5.23. The van der Waals surface area contributed by atoms with E-state index in [1.54, 1.807) is 24.3 Å². The van der Waals surface area contributed by atoms with Crippen LogP contribution in [0.15, 0.2) is 95.9 Å². The summed E-state index contributed by atoms with van der Waals surface area (Å²) in [5, 5.41) is 15.2. The minimum absolute atomic E-state index is 0.0700. The topological polar surface area (TPSA) is 139 Å². The Balaban J connectivity index is 1.90. The Hall–Kier alpha value is -4.65. The maximum absolute atomic E-state index is 14.7. The van der Waals surface area contributed by atoms with Gasteiger partial charge in [0.1, 0.15) is 18.3 Å². The van der Waals surface area contributed by atoms with Crippen molar-refractivity contribution in [1.82, 2.24) is 10.2 Å². The van der Waals surface area contributed by atoms with E-state index in [0.29, 0.717) is 17.1 Å². The van der Waals surface area contributed by atoms with Crippen molar-refractivity contribution in [1.29, 1.82) is 0 Å². The fourth-order valence-corrected chi connectivity index (χ4v) is 7.03. The third-order valence-corrected chi connectivity index (χ3v) is 10.3. The third-order valence-electron chi connectivity index (χ3n) is 7.91. The summed E-state index contributed by atoms with van der Waals surface area (Å²) in [6, 6.07) is 22.6. The number of aryl methyl sites for hydroxylation is 1. The zero-order valence-corrected chi connectivity index (χ0v) is 30.3. The molecule has 11 nitrogen and oxygen atoms in total. The number of halogens is 2. The lowest BCUT2D eigenvalue weighted by Gasteiger charge is -2.34. The van der Waals surface area contributed by atoms with Crippen molar-refractivity contribution in [3.05, 3.63) is 128 Å². The number of carbonyl (C=O) groups is 2. The molecular weight excluding hydrogens is 703 g/mol. The fraction of sp³-hybridized carbons (Fsp3) is 0.278. The van der Waals surface area contributed by atoms with Crippen molar-refractivity contribution in [2.24, 2.45) is 5.92 Å². The Kier molecular flexibility index (Phi) is 12.9. The first kappa shape index (κ1) is 38.2. The van der Waals surface area contributed by atoms with Gasteiger partial charge in [-0.05, 0) is 54.3 Å². The van der Waals surface area contributed by atoms with E-state index in [1.165, 1.54) is 49.3 Å². The average molecular weight is 742 g/mol. The molecule has 50 heavy (non-hydrogen) atoms. The summed E-state index contributed by atoms with van der Waals surface area (Å²) < 4.78 is 35.2. The number of rotatable bonds is 15. The third kappa shape index (κ3) is 9.32. The van der Waals surface area contributed by atoms with Gasteiger partial charge in [-0.3, -0.25) is 24.0 Å². The van der Waals surface area contributed by atoms with Crippen LogP contribution in [0.1, 0.15) is 30.5 Å². The van der Waals surface area contributed by atoms with Crippen LogP contribution in [0.2, 0.25) is 10.0 Å². The molecule has 4 aromatic carbocycles. The van der Waals surface area contributed by atoms with Crippen LogP contribution in [0.25, 0.3) is 0 Å². The van der Waals surface area contributed by atoms with Crippen molar-refractivity contribution in [3.8, 4) is 5.75 Å². The summed E-state index contributed by atoms with van der Waals surface area (Å²) in [7, 11) is -3.37. The largest absolute Gasteiger partial charge is 0.495 e. The molecule has 4 rings (SSSR count). The number of hydrogen-bond acceptors (Lipinski definition) is 7. The van der Waals surface area contributed by atoms with Crippen molar-refractivity contribution in [2.75, 3.05) is 24.5 Å². The van der Waals surface area contributed by atoms with Crippen molar-refractivity contribution < 1.29 is 27.7 Å². The van der Waals surface area contributed by atoms with Gasteiger partial charge in [-0.25, -0.2) is 8.42 Å². The molecule has 4 aromatic rings. The summed E-state index contributed by atoms with van der Waals surface area (Å²) in [5.74, 6) is -1.01. The quantitative estimate of drug-likeness (QED) is 0.104. The van der Waals surface area contributed by atoms with Gasteiger partial charge >= 0.3 is 0 Å². The lowest BCUT2D eigenvalue weighted by atomic mass is 10.0. The van der Waals surface area contributed by atoms with Gasteiger partial charge in [-0.15, -0.1) is 0 Å². The molecule has 1 N–H and O–H groups in total. The van der Waals surface area contributed by atoms with Crippen molar-refractivity contribution >= 4 is 56.4 Å². The van der Waals surface area contributed by atoms with E-state index in [4.69, 9.17) is 27.9 Å². The van der Waals surface area contributed by atoms with Crippen molar-refractivity contribution in [2.45, 2.75) is 44.7 Å². The second-order valence-electron chi connectivity index (χ2n) is 12.0. The standard InChI is InChI=1S/C36H38Cl2N4O7S/c1-24(2)21-39-36(44)33(18-26-10-6-5-7-11-26)40(22-27-12-8-9-13-30(27)38)35(43)23-41(32-19-28(37)15-17-34(32)49-4)50(47,48)29-16-14-25(3)31(20-29)42(45)46/h5-17,19-20,24,33H,18,21-23H2,1-4H3,(H,39,44)/t33-/m0/s1. The highest BCUT2D eigenvalue weighted by atomic mass is 35.5. The number of benzene rings is 4. The molecule has 1 atom stereocenters. The molecule has 264 valence electrons. The molecule has 0 fully saturated rings. The van der Waals surface area contributed by atoms with Crippen LogP contribution in [0.3, 0.4) is 0 Å². The molecule has 0 aromatic heterocycles. The minimum atomic E-state index is -4.70. The molecule has 0 heterocycles. The van der Waals surface area contributed by atoms with Gasteiger partial charge in [0.2, 0.25) is 11.8 Å². The van der Waals surface area contributed by atoms with Gasteiger partial charge in [-0.2, -0.15) is 0 Å². The highest BCUT2D eigenvalue weighted by Gasteiger charge is 2.36. The first-order valence-electron chi connectivity index (χ1n) is 15.7. The van der Waals surface area contributed by atoms with E-state index in [0.717, 1.165) is 15.9 Å². The number of methoxy groups -OCH3 is 1. The Morgan fingerprint density at radius 3 is 2.28 bits per heavy atom. The van der Waals surface area contributed by atoms with E-state index in [9.17, 15) is 28.1 Å². The number of carbonyl (C=O) groups excluding carboxylic acids is 2. The predicted molar refractivity (Wildman–Crippen MR) is 194 cm³/mol. The van der Waals surface area contributed by atoms with Gasteiger partial charge in [0.25, 0.3) is 15.7 Å². The van der Waals surface area contributed by atoms with E-state index in [2.05, 4.69) is 5.32 Å². The Morgan fingerprint density at radius 2 is 1.64 bits per heavy atom. The zero-order chi connectivity index (χ0) is 36.6. The maximum Gasteiger partial charge on any atom is 0.273 e. The summed E-state index contributed by atoms with van der Waals surface area (Å²) in [5.41, 5.74) is 1.04. The highest BCUT2D eigenvalue weighted by Crippen LogP contribution is 2.36. The number of amides is 2. The molecule has 0 aliphatic heterocycles. The van der Waals surface area contributed by atoms with Crippen LogP contribution >= 0.6 is 23.2 Å². The highest BCUT2D eigenvalue weighted by molar-refractivity contribution is 7.92. The first-order chi connectivity index (χ1) is 23.7. The van der Waals surface area contributed by atoms with E-state index in [1.807, 2.05) is 44.2 Å². The smallest absolute Gasteiger partial charge is 0.273 e. The second kappa shape index (κ2) is 16.8. The number of nitrogens with one attached hydrogen (secondary N) is 1. The SMILES string of the molecule is COc1ccc(Cl)cc1N(CC(=O)N(Cc1ccccc1Cl)[C@@H](Cc1ccccc1)C(=O)NCC(C)C)S(=O)(=O)c1ccc(C)c([N+](=O)[O-])c1. The molecule has 0 saturated heterocycles. The average Bonchev–Trinajstić information content (AvgIpc) is 3.08. The Labute approximate surface area is 302 Å². The molecule has 0 aliphatic rings. The van der Waals surface area contributed by atoms with E-state index >= 15 is 0 Å². The molecule has 0 radical (unpaired) electrons. The molecular formula is C36H38Cl2N4O7S. The molecule has 0 saturated carbocycles. The van der Waals surface area contributed by atoms with Crippen LogP contribution in [0, 0.1) is 23.0 Å². The lowest BCUT2D eigenvalue weighted by molar-refractivity contribution is -0.385. The van der Waals surface area contributed by atoms with Gasteiger partial charge in [0, 0.05) is 41.2 Å². The molecule has 0 bridgehead atoms. The number of nitrogens with zero attached hydrogens (tertiary/aromatic N) is 3.